The third kappa shape index (κ3) is 6.87. The minimum atomic E-state index is -0.887. The van der Waals surface area contributed by atoms with Crippen LogP contribution in [0.15, 0.2) is 59.6 Å². The molecule has 0 radical (unpaired) electrons. The van der Waals surface area contributed by atoms with Crippen molar-refractivity contribution in [1.82, 2.24) is 10.2 Å². The van der Waals surface area contributed by atoms with Crippen LogP contribution < -0.4 is 15.0 Å². The van der Waals surface area contributed by atoms with Crippen LogP contribution in [0.2, 0.25) is 0 Å². The molecule has 0 aromatic heterocycles. The minimum Gasteiger partial charge on any atom is -0.495 e. The van der Waals surface area contributed by atoms with Gasteiger partial charge in [0.15, 0.2) is 5.96 Å². The van der Waals surface area contributed by atoms with Crippen LogP contribution in [0, 0.1) is 0 Å². The second kappa shape index (κ2) is 12.8. The molecule has 1 unspecified atom stereocenters. The van der Waals surface area contributed by atoms with E-state index >= 15 is 0 Å². The Labute approximate surface area is 199 Å². The van der Waals surface area contributed by atoms with Crippen LogP contribution in [0.5, 0.6) is 5.75 Å². The van der Waals surface area contributed by atoms with Gasteiger partial charge in [0.2, 0.25) is 0 Å². The van der Waals surface area contributed by atoms with Crippen molar-refractivity contribution < 1.29 is 8.95 Å². The van der Waals surface area contributed by atoms with Gasteiger partial charge in [-0.2, -0.15) is 0 Å². The molecule has 164 valence electrons. The summed E-state index contributed by atoms with van der Waals surface area (Å²) >= 11 is 0. The summed E-state index contributed by atoms with van der Waals surface area (Å²) < 4.78 is 17.8. The molecule has 3 rings (SSSR count). The summed E-state index contributed by atoms with van der Waals surface area (Å²) in [6.07, 6.45) is 0. The van der Waals surface area contributed by atoms with Gasteiger partial charge in [0.1, 0.15) is 5.75 Å². The van der Waals surface area contributed by atoms with Gasteiger partial charge in [0.25, 0.3) is 0 Å². The standard InChI is InChI=1S/C22H30N4O2S.HI/c1-23-22(24-12-17-29(27)18-19-8-4-3-5-9-19)26-15-13-25(14-16-26)20-10-6-7-11-21(20)28-2;/h3-11H,12-18H2,1-2H3,(H,23,24);1H. The molecule has 0 bridgehead atoms. The topological polar surface area (TPSA) is 57.2 Å². The van der Waals surface area contributed by atoms with Crippen LogP contribution >= 0.6 is 24.0 Å². The highest BCUT2D eigenvalue weighted by Gasteiger charge is 2.21. The lowest BCUT2D eigenvalue weighted by atomic mass is 10.2. The lowest BCUT2D eigenvalue weighted by Gasteiger charge is -2.38. The number of hydrogen-bond acceptors (Lipinski definition) is 4. The third-order valence-corrected chi connectivity index (χ3v) is 6.31. The van der Waals surface area contributed by atoms with Crippen molar-refractivity contribution in [3.05, 3.63) is 60.2 Å². The normalized spacial score (nSPS) is 15.3. The molecule has 0 saturated carbocycles. The van der Waals surface area contributed by atoms with E-state index < -0.39 is 10.8 Å². The molecule has 1 aliphatic rings. The molecule has 0 spiro atoms. The van der Waals surface area contributed by atoms with Gasteiger partial charge >= 0.3 is 0 Å². The number of para-hydroxylation sites is 2. The highest BCUT2D eigenvalue weighted by atomic mass is 127. The fourth-order valence-corrected chi connectivity index (χ4v) is 4.53. The van der Waals surface area contributed by atoms with Gasteiger partial charge in [-0.15, -0.1) is 24.0 Å². The fourth-order valence-electron chi connectivity index (χ4n) is 3.49. The number of ether oxygens (including phenoxy) is 1. The number of hydrogen-bond donors (Lipinski definition) is 1. The smallest absolute Gasteiger partial charge is 0.193 e. The molecule has 8 heteroatoms. The summed E-state index contributed by atoms with van der Waals surface area (Å²) in [6, 6.07) is 18.1. The zero-order valence-corrected chi connectivity index (χ0v) is 20.8. The number of anilines is 1. The van der Waals surface area contributed by atoms with E-state index in [-0.39, 0.29) is 24.0 Å². The van der Waals surface area contributed by atoms with E-state index in [1.807, 2.05) is 48.5 Å². The molecule has 2 aromatic rings. The summed E-state index contributed by atoms with van der Waals surface area (Å²) in [7, 11) is 2.63. The average Bonchev–Trinajstić information content (AvgIpc) is 2.77. The molecule has 1 saturated heterocycles. The Morgan fingerprint density at radius 3 is 2.40 bits per heavy atom. The first-order valence-corrected chi connectivity index (χ1v) is 11.4. The quantitative estimate of drug-likeness (QED) is 0.332. The number of nitrogens with zero attached hydrogens (tertiary/aromatic N) is 3. The highest BCUT2D eigenvalue weighted by Crippen LogP contribution is 2.28. The van der Waals surface area contributed by atoms with E-state index in [1.165, 1.54) is 0 Å². The molecule has 1 fully saturated rings. The van der Waals surface area contributed by atoms with Crippen molar-refractivity contribution in [3.8, 4) is 5.75 Å². The first-order valence-electron chi connectivity index (χ1n) is 9.93. The Kier molecular flexibility index (Phi) is 10.4. The number of halogens is 1. The molecule has 2 aromatic carbocycles. The second-order valence-corrected chi connectivity index (χ2v) is 8.47. The molecule has 1 atom stereocenters. The minimum absolute atomic E-state index is 0. The second-order valence-electron chi connectivity index (χ2n) is 6.89. The van der Waals surface area contributed by atoms with E-state index in [9.17, 15) is 4.21 Å². The number of nitrogens with one attached hydrogen (secondary N) is 1. The first kappa shape index (κ1) is 24.5. The van der Waals surface area contributed by atoms with Crippen molar-refractivity contribution >= 4 is 46.4 Å². The number of guanidine groups is 1. The van der Waals surface area contributed by atoms with Gasteiger partial charge < -0.3 is 19.9 Å². The van der Waals surface area contributed by atoms with Crippen LogP contribution in [0.25, 0.3) is 0 Å². The predicted molar refractivity (Wildman–Crippen MR) is 137 cm³/mol. The van der Waals surface area contributed by atoms with Gasteiger partial charge in [0, 0.05) is 62.1 Å². The third-order valence-electron chi connectivity index (χ3n) is 5.00. The largest absolute Gasteiger partial charge is 0.495 e. The van der Waals surface area contributed by atoms with Crippen LogP contribution in [0.4, 0.5) is 5.69 Å². The molecule has 1 aliphatic heterocycles. The van der Waals surface area contributed by atoms with E-state index in [2.05, 4.69) is 26.2 Å². The summed E-state index contributed by atoms with van der Waals surface area (Å²) in [4.78, 5) is 9.01. The molecule has 0 aliphatic carbocycles. The van der Waals surface area contributed by atoms with Crippen LogP contribution in [0.1, 0.15) is 5.56 Å². The maximum atomic E-state index is 12.3. The molecule has 30 heavy (non-hydrogen) atoms. The Balaban J connectivity index is 0.00000320. The molecule has 1 heterocycles. The lowest BCUT2D eigenvalue weighted by Crippen LogP contribution is -2.53. The number of piperazine rings is 1. The Bertz CT molecular complexity index is 827. The van der Waals surface area contributed by atoms with Gasteiger partial charge in [0.05, 0.1) is 12.8 Å². The van der Waals surface area contributed by atoms with Crippen LogP contribution in [-0.4, -0.2) is 67.7 Å². The van der Waals surface area contributed by atoms with Gasteiger partial charge in [-0.25, -0.2) is 0 Å². The predicted octanol–water partition coefficient (Wildman–Crippen LogP) is 2.96. The van der Waals surface area contributed by atoms with Crippen molar-refractivity contribution in [2.24, 2.45) is 4.99 Å². The summed E-state index contributed by atoms with van der Waals surface area (Å²) in [5, 5.41) is 3.37. The summed E-state index contributed by atoms with van der Waals surface area (Å²) in [6.45, 7) is 4.22. The van der Waals surface area contributed by atoms with Crippen molar-refractivity contribution in [1.29, 1.82) is 0 Å². The zero-order chi connectivity index (χ0) is 20.5. The van der Waals surface area contributed by atoms with E-state index in [0.717, 1.165) is 49.1 Å². The summed E-state index contributed by atoms with van der Waals surface area (Å²) in [5.41, 5.74) is 2.25. The van der Waals surface area contributed by atoms with Gasteiger partial charge in [-0.05, 0) is 17.7 Å². The van der Waals surface area contributed by atoms with E-state index in [1.54, 1.807) is 14.2 Å². The number of benzene rings is 2. The SMILES string of the molecule is CN=C(NCCS(=O)Cc1ccccc1)N1CCN(c2ccccc2OC)CC1.I. The van der Waals surface area contributed by atoms with Crippen LogP contribution in [-0.2, 0) is 16.6 Å². The molecule has 1 N–H and O–H groups in total. The monoisotopic (exact) mass is 542 g/mol. The zero-order valence-electron chi connectivity index (χ0n) is 17.6. The number of aliphatic imine (C=N–C) groups is 1. The Morgan fingerprint density at radius 1 is 1.07 bits per heavy atom. The fraction of sp³-hybridized carbons (Fsp3) is 0.409. The molecule has 6 nitrogen and oxygen atoms in total. The van der Waals surface area contributed by atoms with Crippen molar-refractivity contribution in [3.63, 3.8) is 0 Å². The molecular weight excluding hydrogens is 511 g/mol. The highest BCUT2D eigenvalue weighted by molar-refractivity contribution is 14.0. The Hall–Kier alpha value is -1.81. The maximum Gasteiger partial charge on any atom is 0.193 e. The Morgan fingerprint density at radius 2 is 1.73 bits per heavy atom. The van der Waals surface area contributed by atoms with E-state index in [4.69, 9.17) is 4.74 Å². The molecule has 0 amide bonds. The van der Waals surface area contributed by atoms with Gasteiger partial charge in [-0.1, -0.05) is 42.5 Å². The van der Waals surface area contributed by atoms with Crippen molar-refractivity contribution in [2.45, 2.75) is 5.75 Å². The van der Waals surface area contributed by atoms with Crippen molar-refractivity contribution in [2.75, 3.05) is 57.5 Å². The number of methoxy groups -OCH3 is 1. The average molecular weight is 542 g/mol. The maximum absolute atomic E-state index is 12.3. The lowest BCUT2D eigenvalue weighted by molar-refractivity contribution is 0.368. The number of rotatable bonds is 7. The molecular formula is C22H31IN4O2S. The first-order chi connectivity index (χ1) is 14.2. The van der Waals surface area contributed by atoms with Gasteiger partial charge in [-0.3, -0.25) is 9.20 Å². The summed E-state index contributed by atoms with van der Waals surface area (Å²) in [5.74, 6) is 2.99. The van der Waals surface area contributed by atoms with E-state index in [0.29, 0.717) is 18.1 Å². The van der Waals surface area contributed by atoms with Crippen LogP contribution in [0.3, 0.4) is 0 Å².